The highest BCUT2D eigenvalue weighted by Gasteiger charge is 2.34. The second-order valence-electron chi connectivity index (χ2n) is 4.17. The zero-order valence-corrected chi connectivity index (χ0v) is 11.7. The molecule has 1 saturated heterocycles. The molecule has 0 aromatic carbocycles. The number of rotatable bonds is 3. The quantitative estimate of drug-likeness (QED) is 0.924. The minimum atomic E-state index is -4.42. The van der Waals surface area contributed by atoms with Crippen LogP contribution in [-0.2, 0) is 17.5 Å². The first-order valence-corrected chi connectivity index (χ1v) is 6.23. The molecule has 1 aromatic rings. The van der Waals surface area contributed by atoms with Crippen LogP contribution < -0.4 is 5.32 Å². The Hall–Kier alpha value is -0.860. The lowest BCUT2D eigenvalue weighted by atomic mass is 10.0. The number of carbonyl (C=O) groups is 1. The van der Waals surface area contributed by atoms with Gasteiger partial charge in [0.25, 0.3) is 0 Å². The van der Waals surface area contributed by atoms with Gasteiger partial charge in [-0.3, -0.25) is 4.79 Å². The summed E-state index contributed by atoms with van der Waals surface area (Å²) < 4.78 is 37.0. The van der Waals surface area contributed by atoms with E-state index in [2.05, 4.69) is 10.3 Å². The Morgan fingerprint density at radius 3 is 2.63 bits per heavy atom. The molecular formula is C10H13ClF3N3OS. The van der Waals surface area contributed by atoms with E-state index >= 15 is 0 Å². The van der Waals surface area contributed by atoms with Gasteiger partial charge in [0, 0.05) is 25.5 Å². The number of hydrogen-bond donors (Lipinski definition) is 1. The van der Waals surface area contributed by atoms with Crippen LogP contribution in [0.15, 0.2) is 5.38 Å². The van der Waals surface area contributed by atoms with Gasteiger partial charge in [-0.25, -0.2) is 4.98 Å². The molecule has 19 heavy (non-hydrogen) atoms. The third-order valence-corrected chi connectivity index (χ3v) is 3.56. The number of halogens is 4. The van der Waals surface area contributed by atoms with E-state index in [9.17, 15) is 18.0 Å². The highest BCUT2D eigenvalue weighted by atomic mass is 35.5. The minimum Gasteiger partial charge on any atom is -0.339 e. The molecule has 4 nitrogen and oxygen atoms in total. The molecule has 0 aliphatic carbocycles. The Morgan fingerprint density at radius 2 is 2.21 bits per heavy atom. The van der Waals surface area contributed by atoms with E-state index in [-0.39, 0.29) is 30.8 Å². The molecule has 2 rings (SSSR count). The van der Waals surface area contributed by atoms with Crippen molar-refractivity contribution in [3.8, 4) is 0 Å². The maximum atomic E-state index is 12.3. The predicted molar refractivity (Wildman–Crippen MR) is 67.2 cm³/mol. The van der Waals surface area contributed by atoms with Crippen LogP contribution in [0.25, 0.3) is 0 Å². The van der Waals surface area contributed by atoms with Gasteiger partial charge in [0.15, 0.2) is 5.69 Å². The van der Waals surface area contributed by atoms with Crippen LogP contribution in [0.5, 0.6) is 0 Å². The summed E-state index contributed by atoms with van der Waals surface area (Å²) in [5, 5.41) is 4.24. The SMILES string of the molecule is CN(Cc1nc(C(F)(F)F)cs1)C(=O)C1CNC1.Cl. The maximum Gasteiger partial charge on any atom is 0.434 e. The van der Waals surface area contributed by atoms with Gasteiger partial charge in [-0.05, 0) is 0 Å². The highest BCUT2D eigenvalue weighted by molar-refractivity contribution is 7.09. The van der Waals surface area contributed by atoms with E-state index in [1.54, 1.807) is 7.05 Å². The molecule has 1 aliphatic heterocycles. The number of thiazole rings is 1. The lowest BCUT2D eigenvalue weighted by molar-refractivity contribution is -0.140. The first-order valence-electron chi connectivity index (χ1n) is 5.35. The summed E-state index contributed by atoms with van der Waals surface area (Å²) >= 11 is 0.919. The van der Waals surface area contributed by atoms with Crippen LogP contribution in [0.4, 0.5) is 13.2 Å². The van der Waals surface area contributed by atoms with Crippen molar-refractivity contribution in [3.63, 3.8) is 0 Å². The summed E-state index contributed by atoms with van der Waals surface area (Å²) in [6.07, 6.45) is -4.42. The molecule has 0 radical (unpaired) electrons. The average molecular weight is 316 g/mol. The number of aromatic nitrogens is 1. The molecule has 0 bridgehead atoms. The van der Waals surface area contributed by atoms with Crippen molar-refractivity contribution in [2.75, 3.05) is 20.1 Å². The topological polar surface area (TPSA) is 45.2 Å². The molecule has 9 heteroatoms. The van der Waals surface area contributed by atoms with E-state index in [0.29, 0.717) is 18.1 Å². The third kappa shape index (κ3) is 3.80. The molecule has 1 aromatic heterocycles. The fourth-order valence-corrected chi connectivity index (χ4v) is 2.42. The zero-order valence-electron chi connectivity index (χ0n) is 10.0. The van der Waals surface area contributed by atoms with E-state index < -0.39 is 11.9 Å². The van der Waals surface area contributed by atoms with Gasteiger partial charge in [0.2, 0.25) is 5.91 Å². The van der Waals surface area contributed by atoms with E-state index in [1.165, 1.54) is 4.90 Å². The second-order valence-corrected chi connectivity index (χ2v) is 5.12. The molecule has 0 spiro atoms. The number of amides is 1. The minimum absolute atomic E-state index is 0. The molecule has 0 atom stereocenters. The highest BCUT2D eigenvalue weighted by Crippen LogP contribution is 2.30. The lowest BCUT2D eigenvalue weighted by Crippen LogP contribution is -2.50. The molecule has 108 valence electrons. The van der Waals surface area contributed by atoms with Crippen LogP contribution in [0.2, 0.25) is 0 Å². The van der Waals surface area contributed by atoms with Crippen LogP contribution in [-0.4, -0.2) is 35.9 Å². The van der Waals surface area contributed by atoms with Crippen molar-refractivity contribution >= 4 is 29.7 Å². The van der Waals surface area contributed by atoms with Crippen molar-refractivity contribution in [3.05, 3.63) is 16.1 Å². The predicted octanol–water partition coefficient (Wildman–Crippen LogP) is 1.76. The molecule has 0 saturated carbocycles. The van der Waals surface area contributed by atoms with Crippen LogP contribution in [0.3, 0.4) is 0 Å². The number of hydrogen-bond acceptors (Lipinski definition) is 4. The molecule has 1 N–H and O–H groups in total. The summed E-state index contributed by atoms with van der Waals surface area (Å²) in [5.74, 6) is -0.116. The maximum absolute atomic E-state index is 12.3. The van der Waals surface area contributed by atoms with Crippen molar-refractivity contribution in [2.45, 2.75) is 12.7 Å². The largest absolute Gasteiger partial charge is 0.434 e. The summed E-state index contributed by atoms with van der Waals surface area (Å²) in [5.41, 5.74) is -0.895. The van der Waals surface area contributed by atoms with Gasteiger partial charge in [0.1, 0.15) is 5.01 Å². The first-order chi connectivity index (χ1) is 8.38. The van der Waals surface area contributed by atoms with Gasteiger partial charge in [-0.15, -0.1) is 23.7 Å². The normalized spacial score (nSPS) is 15.6. The first kappa shape index (κ1) is 16.2. The van der Waals surface area contributed by atoms with Crippen LogP contribution in [0.1, 0.15) is 10.7 Å². The third-order valence-electron chi connectivity index (χ3n) is 2.72. The Labute approximate surface area is 118 Å². The molecule has 1 fully saturated rings. The van der Waals surface area contributed by atoms with Gasteiger partial charge < -0.3 is 10.2 Å². The smallest absolute Gasteiger partial charge is 0.339 e. The molecule has 1 amide bonds. The summed E-state index contributed by atoms with van der Waals surface area (Å²) in [4.78, 5) is 16.7. The molecule has 1 aliphatic rings. The fraction of sp³-hybridized carbons (Fsp3) is 0.600. The number of alkyl halides is 3. The van der Waals surface area contributed by atoms with Crippen LogP contribution >= 0.6 is 23.7 Å². The Balaban J connectivity index is 0.00000180. The summed E-state index contributed by atoms with van der Waals surface area (Å²) in [7, 11) is 1.58. The summed E-state index contributed by atoms with van der Waals surface area (Å²) in [6.45, 7) is 1.39. The van der Waals surface area contributed by atoms with Crippen molar-refractivity contribution in [2.24, 2.45) is 5.92 Å². The van der Waals surface area contributed by atoms with Gasteiger partial charge in [0.05, 0.1) is 12.5 Å². The standard InChI is InChI=1S/C10H12F3N3OS.ClH/c1-16(9(17)6-2-14-3-6)4-8-15-7(5-18-8)10(11,12)13;/h5-6,14H,2-4H2,1H3;1H. The Morgan fingerprint density at radius 1 is 1.58 bits per heavy atom. The monoisotopic (exact) mass is 315 g/mol. The van der Waals surface area contributed by atoms with Crippen molar-refractivity contribution < 1.29 is 18.0 Å². The second kappa shape index (κ2) is 6.06. The van der Waals surface area contributed by atoms with Gasteiger partial charge in [-0.2, -0.15) is 13.2 Å². The van der Waals surface area contributed by atoms with Gasteiger partial charge in [-0.1, -0.05) is 0 Å². The molecule has 2 heterocycles. The molecular weight excluding hydrogens is 303 g/mol. The Bertz CT molecular complexity index is 447. The fourth-order valence-electron chi connectivity index (χ4n) is 1.57. The number of nitrogens with zero attached hydrogens (tertiary/aromatic N) is 2. The Kier molecular flexibility index (Phi) is 5.17. The number of carbonyl (C=O) groups excluding carboxylic acids is 1. The van der Waals surface area contributed by atoms with Crippen molar-refractivity contribution in [1.29, 1.82) is 0 Å². The lowest BCUT2D eigenvalue weighted by Gasteiger charge is -2.29. The average Bonchev–Trinajstić information content (AvgIpc) is 2.62. The van der Waals surface area contributed by atoms with Crippen molar-refractivity contribution in [1.82, 2.24) is 15.2 Å². The van der Waals surface area contributed by atoms with Gasteiger partial charge >= 0.3 is 6.18 Å². The van der Waals surface area contributed by atoms with E-state index in [0.717, 1.165) is 16.7 Å². The zero-order chi connectivity index (χ0) is 13.3. The van der Waals surface area contributed by atoms with E-state index in [4.69, 9.17) is 0 Å². The summed E-state index contributed by atoms with van der Waals surface area (Å²) in [6, 6.07) is 0. The number of nitrogens with one attached hydrogen (secondary N) is 1. The molecule has 0 unspecified atom stereocenters. The van der Waals surface area contributed by atoms with E-state index in [1.807, 2.05) is 0 Å². The van der Waals surface area contributed by atoms with Crippen LogP contribution in [0, 0.1) is 5.92 Å².